The van der Waals surface area contributed by atoms with Gasteiger partial charge in [-0.15, -0.1) is 0 Å². The number of nitrogens with two attached hydrogens (primary N) is 1. The van der Waals surface area contributed by atoms with Crippen LogP contribution in [-0.2, 0) is 0 Å². The fourth-order valence-corrected chi connectivity index (χ4v) is 3.20. The van der Waals surface area contributed by atoms with Crippen molar-refractivity contribution in [3.05, 3.63) is 58.1 Å². The van der Waals surface area contributed by atoms with Gasteiger partial charge in [0, 0.05) is 19.8 Å². The third-order valence-electron chi connectivity index (χ3n) is 2.52. The quantitative estimate of drug-likeness (QED) is 0.658. The van der Waals surface area contributed by atoms with E-state index in [-0.39, 0.29) is 5.84 Å². The summed E-state index contributed by atoms with van der Waals surface area (Å²) in [7, 11) is 0. The maximum absolute atomic E-state index is 7.46. The Morgan fingerprint density at radius 1 is 1.17 bits per heavy atom. The molecular weight excluding hydrogens is 308 g/mol. The van der Waals surface area contributed by atoms with E-state index < -0.39 is 0 Å². The summed E-state index contributed by atoms with van der Waals surface area (Å²) in [5, 5.41) is 7.46. The number of amidine groups is 1. The minimum absolute atomic E-state index is 0.117. The molecule has 0 bridgehead atoms. The third kappa shape index (κ3) is 3.15. The zero-order valence-corrected chi connectivity index (χ0v) is 12.3. The second kappa shape index (κ2) is 5.59. The molecule has 0 fully saturated rings. The molecule has 0 aromatic heterocycles. The summed E-state index contributed by atoms with van der Waals surface area (Å²) in [6, 6.07) is 14.1. The van der Waals surface area contributed by atoms with Gasteiger partial charge in [0.1, 0.15) is 5.84 Å². The molecule has 0 aliphatic carbocycles. The SMILES string of the molecule is Cc1cc(Sc2cccc(Br)c2)ccc1C(=N)N. The maximum Gasteiger partial charge on any atom is 0.123 e. The van der Waals surface area contributed by atoms with E-state index >= 15 is 0 Å². The van der Waals surface area contributed by atoms with Gasteiger partial charge in [-0.1, -0.05) is 33.8 Å². The van der Waals surface area contributed by atoms with Gasteiger partial charge in [0.25, 0.3) is 0 Å². The molecule has 2 nitrogen and oxygen atoms in total. The molecule has 0 saturated carbocycles. The van der Waals surface area contributed by atoms with Crippen LogP contribution in [-0.4, -0.2) is 5.84 Å². The lowest BCUT2D eigenvalue weighted by Gasteiger charge is -2.07. The molecular formula is C14H13BrN2S. The van der Waals surface area contributed by atoms with Gasteiger partial charge in [-0.3, -0.25) is 5.41 Å². The number of aryl methyl sites for hydroxylation is 1. The average molecular weight is 321 g/mol. The highest BCUT2D eigenvalue weighted by Crippen LogP contribution is 2.30. The Morgan fingerprint density at radius 3 is 2.50 bits per heavy atom. The van der Waals surface area contributed by atoms with Crippen molar-refractivity contribution >= 4 is 33.5 Å². The Morgan fingerprint density at radius 2 is 1.89 bits per heavy atom. The molecule has 18 heavy (non-hydrogen) atoms. The smallest absolute Gasteiger partial charge is 0.123 e. The van der Waals surface area contributed by atoms with Crippen LogP contribution in [0.3, 0.4) is 0 Å². The molecule has 0 unspecified atom stereocenters. The lowest BCUT2D eigenvalue weighted by atomic mass is 10.1. The van der Waals surface area contributed by atoms with Gasteiger partial charge < -0.3 is 5.73 Å². The standard InChI is InChI=1S/C14H13BrN2S/c1-9-7-12(5-6-13(9)14(16)17)18-11-4-2-3-10(15)8-11/h2-8H,1H3,(H3,16,17). The summed E-state index contributed by atoms with van der Waals surface area (Å²) in [4.78, 5) is 2.33. The Balaban J connectivity index is 2.25. The van der Waals surface area contributed by atoms with E-state index in [1.165, 1.54) is 4.90 Å². The van der Waals surface area contributed by atoms with Gasteiger partial charge in [-0.25, -0.2) is 0 Å². The van der Waals surface area contributed by atoms with Crippen molar-refractivity contribution in [1.82, 2.24) is 0 Å². The molecule has 3 N–H and O–H groups in total. The van der Waals surface area contributed by atoms with E-state index in [4.69, 9.17) is 11.1 Å². The first kappa shape index (κ1) is 13.2. The van der Waals surface area contributed by atoms with Gasteiger partial charge in [0.15, 0.2) is 0 Å². The molecule has 0 heterocycles. The van der Waals surface area contributed by atoms with E-state index in [2.05, 4.69) is 34.1 Å². The topological polar surface area (TPSA) is 49.9 Å². The predicted molar refractivity (Wildman–Crippen MR) is 80.5 cm³/mol. The molecule has 0 amide bonds. The molecule has 0 spiro atoms. The highest BCUT2D eigenvalue weighted by Gasteiger charge is 2.04. The third-order valence-corrected chi connectivity index (χ3v) is 3.99. The normalized spacial score (nSPS) is 10.3. The molecule has 2 aromatic carbocycles. The number of rotatable bonds is 3. The zero-order chi connectivity index (χ0) is 13.1. The fraction of sp³-hybridized carbons (Fsp3) is 0.0714. The van der Waals surface area contributed by atoms with Crippen molar-refractivity contribution in [3.63, 3.8) is 0 Å². The Bertz CT molecular complexity index is 596. The molecule has 92 valence electrons. The average Bonchev–Trinajstić information content (AvgIpc) is 2.28. The summed E-state index contributed by atoms with van der Waals surface area (Å²) in [6.45, 7) is 1.97. The molecule has 0 radical (unpaired) electrons. The van der Waals surface area contributed by atoms with Crippen molar-refractivity contribution in [3.8, 4) is 0 Å². The second-order valence-electron chi connectivity index (χ2n) is 3.95. The monoisotopic (exact) mass is 320 g/mol. The molecule has 0 aliphatic heterocycles. The second-order valence-corrected chi connectivity index (χ2v) is 6.01. The van der Waals surface area contributed by atoms with Crippen molar-refractivity contribution in [1.29, 1.82) is 5.41 Å². The highest BCUT2D eigenvalue weighted by molar-refractivity contribution is 9.10. The first-order valence-electron chi connectivity index (χ1n) is 5.45. The first-order chi connectivity index (χ1) is 8.56. The van der Waals surface area contributed by atoms with Crippen molar-refractivity contribution < 1.29 is 0 Å². The summed E-state index contributed by atoms with van der Waals surface area (Å²) >= 11 is 5.16. The molecule has 2 aromatic rings. The van der Waals surface area contributed by atoms with Crippen LogP contribution in [0.25, 0.3) is 0 Å². The Hall–Kier alpha value is -1.26. The van der Waals surface area contributed by atoms with Crippen LogP contribution in [0.4, 0.5) is 0 Å². The summed E-state index contributed by atoms with van der Waals surface area (Å²) in [5.41, 5.74) is 7.34. The number of halogens is 1. The van der Waals surface area contributed by atoms with Crippen LogP contribution in [0.15, 0.2) is 56.7 Å². The Labute approximate surface area is 119 Å². The molecule has 2 rings (SSSR count). The highest BCUT2D eigenvalue weighted by atomic mass is 79.9. The van der Waals surface area contributed by atoms with E-state index in [0.717, 1.165) is 20.5 Å². The van der Waals surface area contributed by atoms with Crippen LogP contribution in [0.2, 0.25) is 0 Å². The number of nitrogen functional groups attached to an aromatic ring is 1. The van der Waals surface area contributed by atoms with Crippen molar-refractivity contribution in [2.45, 2.75) is 16.7 Å². The van der Waals surface area contributed by atoms with E-state index in [1.807, 2.05) is 31.2 Å². The first-order valence-corrected chi connectivity index (χ1v) is 7.05. The number of hydrogen-bond donors (Lipinski definition) is 2. The zero-order valence-electron chi connectivity index (χ0n) is 9.91. The minimum atomic E-state index is 0.117. The summed E-state index contributed by atoms with van der Waals surface area (Å²) in [5.74, 6) is 0.117. The van der Waals surface area contributed by atoms with Crippen LogP contribution >= 0.6 is 27.7 Å². The predicted octanol–water partition coefficient (Wildman–Crippen LogP) is 4.19. The van der Waals surface area contributed by atoms with Gasteiger partial charge >= 0.3 is 0 Å². The molecule has 0 atom stereocenters. The molecule has 0 aliphatic rings. The van der Waals surface area contributed by atoms with Gasteiger partial charge in [-0.05, 0) is 48.9 Å². The van der Waals surface area contributed by atoms with E-state index in [0.29, 0.717) is 0 Å². The van der Waals surface area contributed by atoms with Crippen molar-refractivity contribution in [2.24, 2.45) is 5.73 Å². The number of benzene rings is 2. The van der Waals surface area contributed by atoms with Gasteiger partial charge in [0.05, 0.1) is 0 Å². The lowest BCUT2D eigenvalue weighted by molar-refractivity contribution is 1.30. The molecule has 4 heteroatoms. The van der Waals surface area contributed by atoms with E-state index in [9.17, 15) is 0 Å². The van der Waals surface area contributed by atoms with Crippen LogP contribution in [0.5, 0.6) is 0 Å². The number of hydrogen-bond acceptors (Lipinski definition) is 2. The largest absolute Gasteiger partial charge is 0.384 e. The summed E-state index contributed by atoms with van der Waals surface area (Å²) in [6.07, 6.45) is 0. The maximum atomic E-state index is 7.46. The van der Waals surface area contributed by atoms with E-state index in [1.54, 1.807) is 11.8 Å². The van der Waals surface area contributed by atoms with Gasteiger partial charge in [0.2, 0.25) is 0 Å². The van der Waals surface area contributed by atoms with Gasteiger partial charge in [-0.2, -0.15) is 0 Å². The minimum Gasteiger partial charge on any atom is -0.384 e. The number of nitrogens with one attached hydrogen (secondary N) is 1. The summed E-state index contributed by atoms with van der Waals surface area (Å²) < 4.78 is 1.07. The van der Waals surface area contributed by atoms with Crippen molar-refractivity contribution in [2.75, 3.05) is 0 Å². The van der Waals surface area contributed by atoms with Crippen LogP contribution in [0.1, 0.15) is 11.1 Å². The Kier molecular flexibility index (Phi) is 4.09. The molecule has 0 saturated heterocycles. The fourth-order valence-electron chi connectivity index (χ4n) is 1.67. The van der Waals surface area contributed by atoms with Crippen LogP contribution < -0.4 is 5.73 Å². The van der Waals surface area contributed by atoms with Crippen LogP contribution in [0, 0.1) is 12.3 Å². The lowest BCUT2D eigenvalue weighted by Crippen LogP contribution is -2.12.